The Kier molecular flexibility index (Phi) is 4.14. The summed E-state index contributed by atoms with van der Waals surface area (Å²) in [5.74, 6) is 0.258. The van der Waals surface area contributed by atoms with Crippen LogP contribution in [0.25, 0.3) is 11.0 Å². The highest BCUT2D eigenvalue weighted by molar-refractivity contribution is 6.31. The summed E-state index contributed by atoms with van der Waals surface area (Å²) in [6.45, 7) is 3.66. The van der Waals surface area contributed by atoms with Crippen molar-refractivity contribution in [3.05, 3.63) is 35.0 Å². The number of aliphatic hydroxyl groups excluding tert-OH is 1. The van der Waals surface area contributed by atoms with Crippen LogP contribution in [0.2, 0.25) is 5.02 Å². The van der Waals surface area contributed by atoms with Crippen LogP contribution < -0.4 is 0 Å². The van der Waals surface area contributed by atoms with Gasteiger partial charge in [0.2, 0.25) is 0 Å². The molecule has 3 rings (SSSR count). The predicted molar refractivity (Wildman–Crippen MR) is 80.7 cm³/mol. The zero-order valence-corrected chi connectivity index (χ0v) is 12.3. The van der Waals surface area contributed by atoms with E-state index in [0.29, 0.717) is 36.0 Å². The van der Waals surface area contributed by atoms with Gasteiger partial charge in [0.1, 0.15) is 5.58 Å². The summed E-state index contributed by atoms with van der Waals surface area (Å²) in [7, 11) is 0. The lowest BCUT2D eigenvalue weighted by molar-refractivity contribution is 0.0587. The molecule has 0 radical (unpaired) electrons. The first-order valence-electron chi connectivity index (χ1n) is 6.99. The summed E-state index contributed by atoms with van der Waals surface area (Å²) < 4.78 is 5.61. The molecule has 2 heterocycles. The van der Waals surface area contributed by atoms with Gasteiger partial charge in [0.05, 0.1) is 6.61 Å². The second-order valence-electron chi connectivity index (χ2n) is 5.15. The van der Waals surface area contributed by atoms with Crippen molar-refractivity contribution < 1.29 is 14.3 Å². The maximum Gasteiger partial charge on any atom is 0.289 e. The van der Waals surface area contributed by atoms with E-state index in [1.165, 1.54) is 0 Å². The number of hydrogen-bond donors (Lipinski definition) is 1. The molecule has 1 aliphatic heterocycles. The van der Waals surface area contributed by atoms with E-state index in [1.807, 2.05) is 0 Å². The summed E-state index contributed by atoms with van der Waals surface area (Å²) in [6.07, 6.45) is 0. The van der Waals surface area contributed by atoms with E-state index in [-0.39, 0.29) is 12.5 Å². The average molecular weight is 309 g/mol. The molecular formula is C15H17ClN2O3. The largest absolute Gasteiger partial charge is 0.451 e. The lowest BCUT2D eigenvalue weighted by Crippen LogP contribution is -2.49. The van der Waals surface area contributed by atoms with Crippen molar-refractivity contribution in [2.75, 3.05) is 39.3 Å². The third-order valence-electron chi connectivity index (χ3n) is 3.76. The zero-order valence-electron chi connectivity index (χ0n) is 11.6. The van der Waals surface area contributed by atoms with E-state index < -0.39 is 0 Å². The summed E-state index contributed by atoms with van der Waals surface area (Å²) in [5, 5.41) is 10.4. The van der Waals surface area contributed by atoms with Gasteiger partial charge in [-0.15, -0.1) is 0 Å². The maximum absolute atomic E-state index is 12.5. The van der Waals surface area contributed by atoms with Crippen LogP contribution in [0.15, 0.2) is 28.7 Å². The molecule has 21 heavy (non-hydrogen) atoms. The highest BCUT2D eigenvalue weighted by atomic mass is 35.5. The van der Waals surface area contributed by atoms with Crippen LogP contribution in [0.4, 0.5) is 0 Å². The zero-order chi connectivity index (χ0) is 14.8. The van der Waals surface area contributed by atoms with Gasteiger partial charge in [-0.25, -0.2) is 0 Å². The maximum atomic E-state index is 12.5. The molecule has 0 bridgehead atoms. The number of hydrogen-bond acceptors (Lipinski definition) is 4. The summed E-state index contributed by atoms with van der Waals surface area (Å²) in [4.78, 5) is 16.4. The van der Waals surface area contributed by atoms with Crippen molar-refractivity contribution in [2.45, 2.75) is 0 Å². The number of amides is 1. The van der Waals surface area contributed by atoms with E-state index in [2.05, 4.69) is 4.90 Å². The smallest absolute Gasteiger partial charge is 0.289 e. The molecule has 1 aromatic carbocycles. The molecule has 1 aromatic heterocycles. The summed E-state index contributed by atoms with van der Waals surface area (Å²) in [6, 6.07) is 7.04. The fourth-order valence-electron chi connectivity index (χ4n) is 2.59. The third-order valence-corrected chi connectivity index (χ3v) is 4.00. The van der Waals surface area contributed by atoms with Gasteiger partial charge in [-0.1, -0.05) is 11.6 Å². The minimum Gasteiger partial charge on any atom is -0.451 e. The number of furan rings is 1. The topological polar surface area (TPSA) is 56.9 Å². The van der Waals surface area contributed by atoms with Gasteiger partial charge in [0, 0.05) is 43.1 Å². The Labute approximate surface area is 127 Å². The molecular weight excluding hydrogens is 292 g/mol. The first kappa shape index (κ1) is 14.4. The number of fused-ring (bicyclic) bond motifs is 1. The first-order valence-corrected chi connectivity index (χ1v) is 7.37. The quantitative estimate of drug-likeness (QED) is 0.940. The number of aliphatic hydroxyl groups is 1. The van der Waals surface area contributed by atoms with Gasteiger partial charge in [-0.2, -0.15) is 0 Å². The molecule has 1 saturated heterocycles. The van der Waals surface area contributed by atoms with Gasteiger partial charge in [-0.05, 0) is 24.3 Å². The van der Waals surface area contributed by atoms with Crippen molar-refractivity contribution in [1.82, 2.24) is 9.80 Å². The van der Waals surface area contributed by atoms with Crippen LogP contribution in [0.3, 0.4) is 0 Å². The molecule has 0 spiro atoms. The second-order valence-corrected chi connectivity index (χ2v) is 5.59. The Bertz CT molecular complexity index is 647. The van der Waals surface area contributed by atoms with Crippen LogP contribution in [0, 0.1) is 0 Å². The van der Waals surface area contributed by atoms with Crippen LogP contribution in [0.5, 0.6) is 0 Å². The lowest BCUT2D eigenvalue weighted by atomic mass is 10.2. The number of nitrogens with zero attached hydrogens (tertiary/aromatic N) is 2. The van der Waals surface area contributed by atoms with Gasteiger partial charge >= 0.3 is 0 Å². The highest BCUT2D eigenvalue weighted by Crippen LogP contribution is 2.24. The summed E-state index contributed by atoms with van der Waals surface area (Å²) in [5.41, 5.74) is 0.668. The van der Waals surface area contributed by atoms with Crippen molar-refractivity contribution >= 4 is 28.5 Å². The van der Waals surface area contributed by atoms with Crippen molar-refractivity contribution in [3.63, 3.8) is 0 Å². The van der Waals surface area contributed by atoms with E-state index in [1.54, 1.807) is 29.2 Å². The van der Waals surface area contributed by atoms with E-state index in [9.17, 15) is 4.79 Å². The molecule has 6 heteroatoms. The van der Waals surface area contributed by atoms with Crippen LogP contribution in [-0.2, 0) is 0 Å². The van der Waals surface area contributed by atoms with E-state index in [4.69, 9.17) is 21.1 Å². The number of carbonyl (C=O) groups is 1. The molecule has 1 amide bonds. The van der Waals surface area contributed by atoms with Gasteiger partial charge < -0.3 is 14.4 Å². The van der Waals surface area contributed by atoms with Crippen LogP contribution >= 0.6 is 11.6 Å². The van der Waals surface area contributed by atoms with Crippen molar-refractivity contribution in [3.8, 4) is 0 Å². The Morgan fingerprint density at radius 3 is 2.71 bits per heavy atom. The fraction of sp³-hybridized carbons (Fsp3) is 0.400. The Balaban J connectivity index is 1.72. The summed E-state index contributed by atoms with van der Waals surface area (Å²) >= 11 is 5.94. The number of rotatable bonds is 3. The molecule has 1 fully saturated rings. The van der Waals surface area contributed by atoms with E-state index >= 15 is 0 Å². The number of carbonyl (C=O) groups excluding carboxylic acids is 1. The molecule has 0 saturated carbocycles. The number of benzene rings is 1. The third kappa shape index (κ3) is 3.05. The van der Waals surface area contributed by atoms with Gasteiger partial charge in [-0.3, -0.25) is 9.69 Å². The van der Waals surface area contributed by atoms with Crippen LogP contribution in [0.1, 0.15) is 10.6 Å². The highest BCUT2D eigenvalue weighted by Gasteiger charge is 2.24. The number of β-amino-alcohol motifs (C(OH)–C–C–N with tert-alkyl or cyclic N) is 1. The van der Waals surface area contributed by atoms with Gasteiger partial charge in [0.15, 0.2) is 5.76 Å². The Morgan fingerprint density at radius 2 is 2.00 bits per heavy atom. The molecule has 1 N–H and O–H groups in total. The molecule has 2 aromatic rings. The monoisotopic (exact) mass is 308 g/mol. The standard InChI is InChI=1S/C15H17ClN2O3/c16-12-1-2-13-11(9-12)10-14(21-13)15(20)18-5-3-17(4-6-18)7-8-19/h1-2,9-10,19H,3-8H2. The fourth-order valence-corrected chi connectivity index (χ4v) is 2.77. The molecule has 0 unspecified atom stereocenters. The lowest BCUT2D eigenvalue weighted by Gasteiger charge is -2.33. The van der Waals surface area contributed by atoms with Crippen LogP contribution in [-0.4, -0.2) is 60.1 Å². The molecule has 0 aliphatic carbocycles. The molecule has 0 atom stereocenters. The van der Waals surface area contributed by atoms with Crippen molar-refractivity contribution in [1.29, 1.82) is 0 Å². The average Bonchev–Trinajstić information content (AvgIpc) is 2.90. The minimum absolute atomic E-state index is 0.0917. The molecule has 112 valence electrons. The number of halogens is 1. The number of piperazine rings is 1. The Hall–Kier alpha value is -1.56. The molecule has 5 nitrogen and oxygen atoms in total. The van der Waals surface area contributed by atoms with Gasteiger partial charge in [0.25, 0.3) is 5.91 Å². The predicted octanol–water partition coefficient (Wildman–Crippen LogP) is 1.84. The SMILES string of the molecule is O=C(c1cc2cc(Cl)ccc2o1)N1CCN(CCO)CC1. The second kappa shape index (κ2) is 6.05. The Morgan fingerprint density at radius 1 is 1.24 bits per heavy atom. The minimum atomic E-state index is -0.0917. The van der Waals surface area contributed by atoms with E-state index in [0.717, 1.165) is 18.5 Å². The first-order chi connectivity index (χ1) is 10.2. The molecule has 1 aliphatic rings. The van der Waals surface area contributed by atoms with Crippen molar-refractivity contribution in [2.24, 2.45) is 0 Å². The normalized spacial score (nSPS) is 16.6.